The second kappa shape index (κ2) is 2.94. The van der Waals surface area contributed by atoms with E-state index in [1.54, 1.807) is 11.1 Å². The molecule has 0 atom stereocenters. The topological polar surface area (TPSA) is 29.5 Å². The van der Waals surface area contributed by atoms with Gasteiger partial charge in [0.05, 0.1) is 5.69 Å². The molecule has 1 aliphatic heterocycles. The number of hydrogen-bond acceptors (Lipinski definition) is 2. The molecule has 0 saturated heterocycles. The lowest BCUT2D eigenvalue weighted by molar-refractivity contribution is -0.116. The zero-order valence-electron chi connectivity index (χ0n) is 7.23. The van der Waals surface area contributed by atoms with Crippen LogP contribution in [0, 0.1) is 0 Å². The normalized spacial score (nSPS) is 13.5. The van der Waals surface area contributed by atoms with Crippen LogP contribution in [0.25, 0.3) is 0 Å². The molecule has 66 valence electrons. The minimum atomic E-state index is -0.0213. The molecule has 3 heteroatoms. The molecule has 0 bridgehead atoms. The van der Waals surface area contributed by atoms with Gasteiger partial charge in [-0.25, -0.2) is 0 Å². The van der Waals surface area contributed by atoms with Crippen molar-refractivity contribution in [3.63, 3.8) is 0 Å². The Morgan fingerprint density at radius 3 is 2.92 bits per heavy atom. The van der Waals surface area contributed by atoms with E-state index in [1.807, 2.05) is 24.3 Å². The number of amides is 1. The zero-order valence-corrected chi connectivity index (χ0v) is 7.23. The van der Waals surface area contributed by atoms with E-state index in [1.165, 1.54) is 13.2 Å². The van der Waals surface area contributed by atoms with Crippen molar-refractivity contribution >= 4 is 11.6 Å². The third-order valence-electron chi connectivity index (χ3n) is 1.87. The van der Waals surface area contributed by atoms with Crippen molar-refractivity contribution in [3.8, 4) is 5.75 Å². The number of hydrogen-bond donors (Lipinski definition) is 0. The van der Waals surface area contributed by atoms with Crippen molar-refractivity contribution < 1.29 is 9.53 Å². The third-order valence-corrected chi connectivity index (χ3v) is 1.87. The Bertz CT molecular complexity index is 371. The summed E-state index contributed by atoms with van der Waals surface area (Å²) in [5, 5.41) is 0. The largest absolute Gasteiger partial charge is 0.461 e. The number of para-hydroxylation sites is 2. The monoisotopic (exact) mass is 175 g/mol. The molecule has 1 aromatic carbocycles. The van der Waals surface area contributed by atoms with Crippen LogP contribution in [-0.2, 0) is 4.79 Å². The predicted molar refractivity (Wildman–Crippen MR) is 49.4 cm³/mol. The van der Waals surface area contributed by atoms with Crippen LogP contribution >= 0.6 is 0 Å². The highest BCUT2D eigenvalue weighted by Gasteiger charge is 2.16. The van der Waals surface area contributed by atoms with Crippen LogP contribution in [0.3, 0.4) is 0 Å². The molecule has 0 N–H and O–H groups in total. The van der Waals surface area contributed by atoms with Crippen molar-refractivity contribution in [2.24, 2.45) is 0 Å². The first-order chi connectivity index (χ1) is 6.29. The Morgan fingerprint density at radius 1 is 1.38 bits per heavy atom. The molecule has 0 saturated carbocycles. The molecule has 0 radical (unpaired) electrons. The summed E-state index contributed by atoms with van der Waals surface area (Å²) in [7, 11) is 0. The molecule has 1 amide bonds. The Hall–Kier alpha value is -1.77. The van der Waals surface area contributed by atoms with Crippen LogP contribution in [0.15, 0.2) is 36.7 Å². The maximum Gasteiger partial charge on any atom is 0.228 e. The van der Waals surface area contributed by atoms with Crippen LogP contribution in [-0.4, -0.2) is 5.91 Å². The van der Waals surface area contributed by atoms with Crippen LogP contribution in [0.2, 0.25) is 0 Å². The quantitative estimate of drug-likeness (QED) is 0.602. The van der Waals surface area contributed by atoms with Crippen molar-refractivity contribution in [1.82, 2.24) is 0 Å². The van der Waals surface area contributed by atoms with Crippen LogP contribution in [0.5, 0.6) is 5.75 Å². The summed E-state index contributed by atoms with van der Waals surface area (Å²) < 4.78 is 5.23. The summed E-state index contributed by atoms with van der Waals surface area (Å²) in [4.78, 5) is 12.7. The Kier molecular flexibility index (Phi) is 1.77. The van der Waals surface area contributed by atoms with Gasteiger partial charge in [0.25, 0.3) is 0 Å². The van der Waals surface area contributed by atoms with Crippen LogP contribution in [0.4, 0.5) is 5.69 Å². The fraction of sp³-hybridized carbons (Fsp3) is 0.100. The van der Waals surface area contributed by atoms with E-state index in [2.05, 4.69) is 0 Å². The molecule has 0 spiro atoms. The summed E-state index contributed by atoms with van der Waals surface area (Å²) in [6.45, 7) is 1.52. The lowest BCUT2D eigenvalue weighted by atomic mass is 10.2. The predicted octanol–water partition coefficient (Wildman–Crippen LogP) is 1.90. The van der Waals surface area contributed by atoms with Gasteiger partial charge in [0.2, 0.25) is 5.91 Å². The van der Waals surface area contributed by atoms with E-state index in [0.29, 0.717) is 5.75 Å². The highest BCUT2D eigenvalue weighted by atomic mass is 16.5. The molecule has 3 nitrogen and oxygen atoms in total. The van der Waals surface area contributed by atoms with Gasteiger partial charge < -0.3 is 4.74 Å². The average molecular weight is 175 g/mol. The van der Waals surface area contributed by atoms with Gasteiger partial charge in [0, 0.05) is 13.1 Å². The van der Waals surface area contributed by atoms with Crippen molar-refractivity contribution in [2.75, 3.05) is 4.90 Å². The van der Waals surface area contributed by atoms with Crippen LogP contribution < -0.4 is 9.64 Å². The summed E-state index contributed by atoms with van der Waals surface area (Å²) >= 11 is 0. The van der Waals surface area contributed by atoms with E-state index in [-0.39, 0.29) is 5.91 Å². The van der Waals surface area contributed by atoms with Gasteiger partial charge in [0.15, 0.2) is 5.75 Å². The molecule has 0 fully saturated rings. The first-order valence-corrected chi connectivity index (χ1v) is 4.01. The highest BCUT2D eigenvalue weighted by Crippen LogP contribution is 2.31. The standard InChI is InChI=1S/C10H9NO2/c1-8(12)11-6-7-13-10-5-3-2-4-9(10)11/h2-7H,1H3. The van der Waals surface area contributed by atoms with E-state index < -0.39 is 0 Å². The number of fused-ring (bicyclic) bond motifs is 1. The second-order valence-corrected chi connectivity index (χ2v) is 2.76. The first kappa shape index (κ1) is 7.86. The molecule has 0 aliphatic carbocycles. The summed E-state index contributed by atoms with van der Waals surface area (Å²) in [6, 6.07) is 7.42. The first-order valence-electron chi connectivity index (χ1n) is 4.01. The number of ether oxygens (including phenoxy) is 1. The van der Waals surface area contributed by atoms with Gasteiger partial charge in [-0.15, -0.1) is 0 Å². The number of carbonyl (C=O) groups excluding carboxylic acids is 1. The van der Waals surface area contributed by atoms with E-state index in [0.717, 1.165) is 5.69 Å². The lowest BCUT2D eigenvalue weighted by Crippen LogP contribution is -2.24. The summed E-state index contributed by atoms with van der Waals surface area (Å²) in [5.41, 5.74) is 0.789. The highest BCUT2D eigenvalue weighted by molar-refractivity contribution is 5.95. The number of rotatable bonds is 0. The SMILES string of the molecule is CC(=O)N1C=COc2ccccc21. The maximum absolute atomic E-state index is 11.2. The van der Waals surface area contributed by atoms with Gasteiger partial charge in [-0.2, -0.15) is 0 Å². The van der Waals surface area contributed by atoms with Gasteiger partial charge in [0.1, 0.15) is 6.26 Å². The van der Waals surface area contributed by atoms with Crippen molar-refractivity contribution in [2.45, 2.75) is 6.92 Å². The van der Waals surface area contributed by atoms with Gasteiger partial charge in [-0.05, 0) is 12.1 Å². The van der Waals surface area contributed by atoms with E-state index >= 15 is 0 Å². The summed E-state index contributed by atoms with van der Waals surface area (Å²) in [5.74, 6) is 0.687. The molecular formula is C10H9NO2. The number of carbonyl (C=O) groups is 1. The molecule has 0 unspecified atom stereocenters. The third kappa shape index (κ3) is 1.28. The van der Waals surface area contributed by atoms with Crippen molar-refractivity contribution in [1.29, 1.82) is 0 Å². The Labute approximate surface area is 76.2 Å². The van der Waals surface area contributed by atoms with Crippen LogP contribution in [0.1, 0.15) is 6.92 Å². The fourth-order valence-corrected chi connectivity index (χ4v) is 1.28. The van der Waals surface area contributed by atoms with E-state index in [4.69, 9.17) is 4.74 Å². The van der Waals surface area contributed by atoms with Gasteiger partial charge in [-0.3, -0.25) is 9.69 Å². The smallest absolute Gasteiger partial charge is 0.228 e. The number of benzene rings is 1. The molecule has 13 heavy (non-hydrogen) atoms. The Balaban J connectivity index is 2.48. The lowest BCUT2D eigenvalue weighted by Gasteiger charge is -2.22. The molecule has 1 aromatic rings. The summed E-state index contributed by atoms with van der Waals surface area (Å²) in [6.07, 6.45) is 3.12. The Morgan fingerprint density at radius 2 is 2.15 bits per heavy atom. The number of nitrogens with zero attached hydrogens (tertiary/aromatic N) is 1. The number of anilines is 1. The minimum Gasteiger partial charge on any atom is -0.461 e. The van der Waals surface area contributed by atoms with Gasteiger partial charge in [-0.1, -0.05) is 12.1 Å². The maximum atomic E-state index is 11.2. The fourth-order valence-electron chi connectivity index (χ4n) is 1.28. The average Bonchev–Trinajstić information content (AvgIpc) is 2.17. The van der Waals surface area contributed by atoms with Crippen molar-refractivity contribution in [3.05, 3.63) is 36.7 Å². The van der Waals surface area contributed by atoms with Gasteiger partial charge >= 0.3 is 0 Å². The zero-order chi connectivity index (χ0) is 9.26. The molecule has 1 heterocycles. The minimum absolute atomic E-state index is 0.0213. The molecule has 1 aliphatic rings. The van der Waals surface area contributed by atoms with E-state index in [9.17, 15) is 4.79 Å². The second-order valence-electron chi connectivity index (χ2n) is 2.76. The molecular weight excluding hydrogens is 166 g/mol. The molecule has 2 rings (SSSR count). The molecule has 0 aromatic heterocycles.